The number of para-hydroxylation sites is 1. The maximum Gasteiger partial charge on any atom is 0.308 e. The Morgan fingerprint density at radius 1 is 1.14 bits per heavy atom. The predicted molar refractivity (Wildman–Crippen MR) is 73.0 cm³/mol. The molecule has 4 unspecified atom stereocenters. The summed E-state index contributed by atoms with van der Waals surface area (Å²) in [5.74, 6) is -2.54. The lowest BCUT2D eigenvalue weighted by molar-refractivity contribution is -0.144. The van der Waals surface area contributed by atoms with Crippen molar-refractivity contribution in [2.45, 2.75) is 25.3 Å². The molecule has 21 heavy (non-hydrogen) atoms. The van der Waals surface area contributed by atoms with Crippen LogP contribution in [-0.2, 0) is 4.79 Å². The Morgan fingerprint density at radius 2 is 1.86 bits per heavy atom. The number of aliphatic carboxylic acids is 1. The third kappa shape index (κ3) is 2.20. The van der Waals surface area contributed by atoms with Gasteiger partial charge < -0.3 is 20.6 Å². The van der Waals surface area contributed by atoms with Gasteiger partial charge in [0.05, 0.1) is 11.5 Å². The van der Waals surface area contributed by atoms with E-state index in [1.807, 2.05) is 0 Å². The number of fused-ring (bicyclic) bond motifs is 2. The number of hydrogen-bond acceptors (Lipinski definition) is 4. The van der Waals surface area contributed by atoms with Gasteiger partial charge in [0.2, 0.25) is 0 Å². The molecule has 6 heteroatoms. The van der Waals surface area contributed by atoms with Gasteiger partial charge >= 0.3 is 5.97 Å². The van der Waals surface area contributed by atoms with Gasteiger partial charge in [-0.3, -0.25) is 9.59 Å². The molecule has 4 N–H and O–H groups in total. The first-order valence-electron chi connectivity index (χ1n) is 7.03. The Morgan fingerprint density at radius 3 is 2.57 bits per heavy atom. The number of amides is 1. The second-order valence-corrected chi connectivity index (χ2v) is 5.87. The maximum atomic E-state index is 12.2. The molecule has 2 saturated carbocycles. The van der Waals surface area contributed by atoms with Crippen LogP contribution < -0.4 is 5.32 Å². The van der Waals surface area contributed by atoms with Gasteiger partial charge in [0.1, 0.15) is 0 Å². The SMILES string of the molecule is O=C(NC1C2CCC(C2)C1C(=O)O)c1cccc(O)c1O. The fourth-order valence-corrected chi connectivity index (χ4v) is 3.80. The molecule has 112 valence electrons. The number of carbonyl (C=O) groups is 2. The highest BCUT2D eigenvalue weighted by Gasteiger charge is 2.51. The van der Waals surface area contributed by atoms with Crippen LogP contribution in [-0.4, -0.2) is 33.2 Å². The van der Waals surface area contributed by atoms with Gasteiger partial charge in [0, 0.05) is 6.04 Å². The van der Waals surface area contributed by atoms with Gasteiger partial charge in [-0.05, 0) is 43.2 Å². The lowest BCUT2D eigenvalue weighted by atomic mass is 9.84. The Labute approximate surface area is 121 Å². The van der Waals surface area contributed by atoms with Crippen molar-refractivity contribution in [2.24, 2.45) is 17.8 Å². The Hall–Kier alpha value is -2.24. The molecule has 0 aliphatic heterocycles. The zero-order valence-corrected chi connectivity index (χ0v) is 11.3. The molecule has 0 saturated heterocycles. The molecule has 2 aliphatic rings. The first-order valence-corrected chi connectivity index (χ1v) is 7.03. The molecular weight excluding hydrogens is 274 g/mol. The van der Waals surface area contributed by atoms with E-state index in [9.17, 15) is 24.9 Å². The molecular formula is C15H17NO5. The molecule has 3 rings (SSSR count). The number of rotatable bonds is 3. The van der Waals surface area contributed by atoms with Crippen molar-refractivity contribution in [2.75, 3.05) is 0 Å². The van der Waals surface area contributed by atoms with E-state index in [2.05, 4.69) is 5.32 Å². The molecule has 1 aromatic carbocycles. The van der Waals surface area contributed by atoms with Crippen molar-refractivity contribution in [3.63, 3.8) is 0 Å². The van der Waals surface area contributed by atoms with Crippen molar-refractivity contribution in [1.29, 1.82) is 0 Å². The van der Waals surface area contributed by atoms with E-state index in [0.29, 0.717) is 0 Å². The Kier molecular flexibility index (Phi) is 3.23. The maximum absolute atomic E-state index is 12.2. The van der Waals surface area contributed by atoms with E-state index in [4.69, 9.17) is 0 Å². The lowest BCUT2D eigenvalue weighted by Gasteiger charge is -2.29. The van der Waals surface area contributed by atoms with Gasteiger partial charge in [-0.2, -0.15) is 0 Å². The van der Waals surface area contributed by atoms with Crippen molar-refractivity contribution in [1.82, 2.24) is 5.32 Å². The number of carboxylic acids is 1. The molecule has 1 aromatic rings. The third-order valence-corrected chi connectivity index (χ3v) is 4.76. The number of aromatic hydroxyl groups is 2. The van der Waals surface area contributed by atoms with E-state index in [1.165, 1.54) is 18.2 Å². The second-order valence-electron chi connectivity index (χ2n) is 5.87. The van der Waals surface area contributed by atoms with Gasteiger partial charge in [0.25, 0.3) is 5.91 Å². The van der Waals surface area contributed by atoms with Crippen LogP contribution in [0.1, 0.15) is 29.6 Å². The lowest BCUT2D eigenvalue weighted by Crippen LogP contribution is -2.46. The number of nitrogens with one attached hydrogen (secondary N) is 1. The standard InChI is InChI=1S/C15H17NO5/c17-10-3-1-2-9(13(10)18)14(19)16-12-8-5-4-7(6-8)11(12)15(20)21/h1-3,7-8,11-12,17-18H,4-6H2,(H,16,19)(H,20,21). The average molecular weight is 291 g/mol. The van der Waals surface area contributed by atoms with Gasteiger partial charge in [0.15, 0.2) is 11.5 Å². The van der Waals surface area contributed by atoms with Crippen LogP contribution in [0.5, 0.6) is 11.5 Å². The van der Waals surface area contributed by atoms with Crippen LogP contribution >= 0.6 is 0 Å². The molecule has 2 fully saturated rings. The number of hydrogen-bond donors (Lipinski definition) is 4. The molecule has 0 aromatic heterocycles. The highest BCUT2D eigenvalue weighted by atomic mass is 16.4. The summed E-state index contributed by atoms with van der Waals surface area (Å²) in [7, 11) is 0. The van der Waals surface area contributed by atoms with Crippen molar-refractivity contribution >= 4 is 11.9 Å². The number of phenols is 2. The summed E-state index contributed by atoms with van der Waals surface area (Å²) >= 11 is 0. The van der Waals surface area contributed by atoms with Crippen molar-refractivity contribution in [3.05, 3.63) is 23.8 Å². The molecule has 2 aliphatic carbocycles. The van der Waals surface area contributed by atoms with Gasteiger partial charge in [-0.1, -0.05) is 6.07 Å². The van der Waals surface area contributed by atoms with Crippen molar-refractivity contribution < 1.29 is 24.9 Å². The summed E-state index contributed by atoms with van der Waals surface area (Å²) in [6.45, 7) is 0. The van der Waals surface area contributed by atoms with E-state index >= 15 is 0 Å². The fraction of sp³-hybridized carbons (Fsp3) is 0.467. The zero-order valence-electron chi connectivity index (χ0n) is 11.3. The Bertz CT molecular complexity index is 600. The van der Waals surface area contributed by atoms with E-state index in [-0.39, 0.29) is 23.1 Å². The minimum Gasteiger partial charge on any atom is -0.504 e. The third-order valence-electron chi connectivity index (χ3n) is 4.76. The van der Waals surface area contributed by atoms with Crippen molar-refractivity contribution in [3.8, 4) is 11.5 Å². The average Bonchev–Trinajstić information content (AvgIpc) is 3.02. The van der Waals surface area contributed by atoms with E-state index in [1.54, 1.807) is 0 Å². The molecule has 4 atom stereocenters. The first kappa shape index (κ1) is 13.7. The fourth-order valence-electron chi connectivity index (χ4n) is 3.80. The van der Waals surface area contributed by atoms with Crippen LogP contribution in [0.2, 0.25) is 0 Å². The minimum atomic E-state index is -0.882. The topological polar surface area (TPSA) is 107 Å². The molecule has 0 radical (unpaired) electrons. The monoisotopic (exact) mass is 291 g/mol. The number of phenolic OH excluding ortho intramolecular Hbond substituents is 2. The van der Waals surface area contributed by atoms with Crippen LogP contribution in [0.25, 0.3) is 0 Å². The Balaban J connectivity index is 1.81. The number of benzene rings is 1. The summed E-state index contributed by atoms with van der Waals surface area (Å²) in [4.78, 5) is 23.6. The zero-order chi connectivity index (χ0) is 15.1. The highest BCUT2D eigenvalue weighted by molar-refractivity contribution is 5.98. The quantitative estimate of drug-likeness (QED) is 0.628. The van der Waals surface area contributed by atoms with Gasteiger partial charge in [-0.25, -0.2) is 0 Å². The molecule has 0 heterocycles. The smallest absolute Gasteiger partial charge is 0.308 e. The molecule has 0 spiro atoms. The van der Waals surface area contributed by atoms with Crippen LogP contribution in [0.15, 0.2) is 18.2 Å². The summed E-state index contributed by atoms with van der Waals surface area (Å²) in [6, 6.07) is 3.73. The molecule has 6 nitrogen and oxygen atoms in total. The molecule has 1 amide bonds. The predicted octanol–water partition coefficient (Wildman–Crippen LogP) is 1.33. The van der Waals surface area contributed by atoms with E-state index in [0.717, 1.165) is 19.3 Å². The van der Waals surface area contributed by atoms with E-state index < -0.39 is 29.6 Å². The van der Waals surface area contributed by atoms with Crippen LogP contribution in [0.3, 0.4) is 0 Å². The summed E-state index contributed by atoms with van der Waals surface area (Å²) in [5.41, 5.74) is -0.0399. The normalized spacial score (nSPS) is 30.3. The molecule has 2 bridgehead atoms. The summed E-state index contributed by atoms with van der Waals surface area (Å²) in [6.07, 6.45) is 2.64. The van der Waals surface area contributed by atoms with Crippen LogP contribution in [0, 0.1) is 17.8 Å². The largest absolute Gasteiger partial charge is 0.504 e. The summed E-state index contributed by atoms with van der Waals surface area (Å²) < 4.78 is 0. The highest BCUT2D eigenvalue weighted by Crippen LogP contribution is 2.48. The minimum absolute atomic E-state index is 0.0399. The number of carboxylic acid groups (broad SMARTS) is 1. The summed E-state index contributed by atoms with van der Waals surface area (Å²) in [5, 5.41) is 31.2. The van der Waals surface area contributed by atoms with Crippen LogP contribution in [0.4, 0.5) is 0 Å². The second kappa shape index (κ2) is 4.95. The van der Waals surface area contributed by atoms with Gasteiger partial charge in [-0.15, -0.1) is 0 Å². The number of carbonyl (C=O) groups excluding carboxylic acids is 1. The first-order chi connectivity index (χ1) is 9.99.